The zero-order valence-corrected chi connectivity index (χ0v) is 29.7. The second-order valence-electron chi connectivity index (χ2n) is 11.9. The Labute approximate surface area is 302 Å². The van der Waals surface area contributed by atoms with Gasteiger partial charge in [-0.25, -0.2) is 0 Å². The van der Waals surface area contributed by atoms with Gasteiger partial charge in [-0.15, -0.1) is 0 Å². The number of esters is 1. The van der Waals surface area contributed by atoms with Gasteiger partial charge in [-0.05, 0) is 0 Å². The zero-order chi connectivity index (χ0) is 38.3. The quantitative estimate of drug-likeness (QED) is 0.151. The fourth-order valence-corrected chi connectivity index (χ4v) is 7.56. The van der Waals surface area contributed by atoms with Gasteiger partial charge >= 0.3 is 304 Å². The first-order valence-corrected chi connectivity index (χ1v) is 16.2. The van der Waals surface area contributed by atoms with E-state index in [4.69, 9.17) is 37.2 Å². The summed E-state index contributed by atoms with van der Waals surface area (Å²) < 4.78 is 56.9. The first-order valence-electron chi connectivity index (χ1n) is 15.6. The molecule has 10 nitrogen and oxygen atoms in total. The third-order valence-corrected chi connectivity index (χ3v) is 9.65. The van der Waals surface area contributed by atoms with Crippen LogP contribution >= 0.6 is 0 Å². The van der Waals surface area contributed by atoms with Crippen LogP contribution < -0.4 is 5.32 Å². The molecule has 11 heteroatoms. The summed E-state index contributed by atoms with van der Waals surface area (Å²) >= 11 is 3.34. The molecule has 5 rings (SSSR count). The van der Waals surface area contributed by atoms with Crippen LogP contribution in [0.2, 0.25) is 0 Å². The van der Waals surface area contributed by atoms with Crippen LogP contribution in [0.5, 0.6) is 0 Å². The molecule has 1 aliphatic heterocycles. The van der Waals surface area contributed by atoms with Gasteiger partial charge in [0.2, 0.25) is 0 Å². The molecule has 0 spiro atoms. The Balaban J connectivity index is 0.00000221. The Morgan fingerprint density at radius 2 is 1.44 bits per heavy atom. The summed E-state index contributed by atoms with van der Waals surface area (Å²) in [7, 11) is 0. The maximum absolute atomic E-state index is 13.3. The van der Waals surface area contributed by atoms with Crippen molar-refractivity contribution in [3.8, 4) is 0 Å². The summed E-state index contributed by atoms with van der Waals surface area (Å²) in [6, 6.07) is 24.2. The fraction of sp³-hybridized carbons (Fsp3) is 0.410. The van der Waals surface area contributed by atoms with Crippen molar-refractivity contribution in [2.45, 2.75) is 76.5 Å². The van der Waals surface area contributed by atoms with E-state index >= 15 is 0 Å². The minimum atomic E-state index is -0.560. The van der Waals surface area contributed by atoms with Crippen LogP contribution in [-0.4, -0.2) is 29.3 Å². The number of carbonyl (C=O) groups is 1. The van der Waals surface area contributed by atoms with Crippen molar-refractivity contribution in [3.63, 3.8) is 0 Å². The van der Waals surface area contributed by atoms with Crippen molar-refractivity contribution >= 4 is 10.5 Å². The van der Waals surface area contributed by atoms with E-state index in [1.165, 1.54) is 12.0 Å². The standard InChI is InChI=1S/C34H41NO4.5CO.Cr/c1-5-37-33(36)32-30(28-17-12-20-38-28)26(31(35-32)24-13-8-6-9-14-24)22-39-29-21-23(2)18-19-27(29)34(3,4)25-15-10-7-11-16-25;5*1-2;/h6-17,20,23,26-27,29-32,35H,5,18-19,21H2,1-4H3;;;;;;/t23-,26-,27-,29-,30+,31+,32+;;;;;;/m1....../s1. The number of benzene rings is 2. The van der Waals surface area contributed by atoms with Gasteiger partial charge < -0.3 is 0 Å². The average molecular weight is 720 g/mol. The topological polar surface area (TPSA) is 160 Å². The Morgan fingerprint density at radius 3 is 1.96 bits per heavy atom. The van der Waals surface area contributed by atoms with E-state index in [1.54, 1.807) is 6.26 Å². The molecule has 2 aliphatic rings. The summed E-state index contributed by atoms with van der Waals surface area (Å²) in [6.07, 6.45) is 5.02. The predicted octanol–water partition coefficient (Wildman–Crippen LogP) is 6.54. The SMILES string of the molecule is CCOC(=O)[C@H]1N[C@@H](c2ccccc2)[C@H]([C](=[Cr])O[C@@H]2C[C@H](C)CC[C@H]2C(C)(C)c2ccccc2)[C@H]1c1ccco1.[C-]#[O+].[C-]#[O+].[C-]#[O+].[C-]#[O+].[C-]#[O+]. The first kappa shape index (κ1) is 46.2. The normalized spacial score (nSPS) is 23.2. The summed E-state index contributed by atoms with van der Waals surface area (Å²) in [5.74, 6) is 0.970. The predicted molar refractivity (Wildman–Crippen MR) is 173 cm³/mol. The van der Waals surface area contributed by atoms with Gasteiger partial charge in [0.05, 0.1) is 0 Å². The van der Waals surface area contributed by atoms with Gasteiger partial charge in [0.15, 0.2) is 0 Å². The molecular weight excluding hydrogens is 678 g/mol. The summed E-state index contributed by atoms with van der Waals surface area (Å²) in [6.45, 7) is 31.7. The third-order valence-electron chi connectivity index (χ3n) is 9.07. The van der Waals surface area contributed by atoms with E-state index in [1.807, 2.05) is 37.3 Å². The summed E-state index contributed by atoms with van der Waals surface area (Å²) in [4.78, 5) is 13.3. The molecule has 0 bridgehead atoms. The van der Waals surface area contributed by atoms with E-state index in [-0.39, 0.29) is 35.4 Å². The van der Waals surface area contributed by atoms with Crippen LogP contribution in [0.3, 0.4) is 0 Å². The van der Waals surface area contributed by atoms with Gasteiger partial charge in [0.25, 0.3) is 0 Å². The van der Waals surface area contributed by atoms with Crippen LogP contribution in [0.15, 0.2) is 83.5 Å². The molecule has 7 atom stereocenters. The third kappa shape index (κ3) is 11.9. The fourth-order valence-electron chi connectivity index (χ4n) is 6.92. The second kappa shape index (κ2) is 25.2. The Hall–Kier alpha value is -3.79. The molecule has 1 aromatic heterocycles. The molecule has 2 fully saturated rings. The average Bonchev–Trinajstić information content (AvgIpc) is 3.86. The molecular formula is C39H41CrNO9. The van der Waals surface area contributed by atoms with E-state index < -0.39 is 6.04 Å². The molecule has 2 aromatic carbocycles. The number of ether oxygens (including phenoxy) is 2. The van der Waals surface area contributed by atoms with E-state index in [0.717, 1.165) is 28.7 Å². The van der Waals surface area contributed by atoms with Crippen molar-refractivity contribution in [2.24, 2.45) is 17.8 Å². The number of nitrogens with one attached hydrogen (secondary N) is 1. The number of hydrogen-bond donors (Lipinski definition) is 1. The minimum absolute atomic E-state index is 0.0468. The number of furan rings is 1. The van der Waals surface area contributed by atoms with Gasteiger partial charge in [0, 0.05) is 0 Å². The number of rotatable bonds is 9. The Kier molecular flexibility index (Phi) is 23.3. The van der Waals surface area contributed by atoms with Gasteiger partial charge in [0.1, 0.15) is 0 Å². The van der Waals surface area contributed by atoms with Gasteiger partial charge in [-0.2, -0.15) is 0 Å². The molecule has 0 amide bonds. The molecule has 0 unspecified atom stereocenters. The summed E-state index contributed by atoms with van der Waals surface area (Å²) in [5, 5.41) is 3.62. The van der Waals surface area contributed by atoms with Crippen LogP contribution in [0.4, 0.5) is 0 Å². The maximum atomic E-state index is 13.3. The van der Waals surface area contributed by atoms with Crippen molar-refractivity contribution in [3.05, 3.63) is 129 Å². The van der Waals surface area contributed by atoms with E-state index in [9.17, 15) is 4.79 Å². The number of carbonyl (C=O) groups excluding carboxylic acids is 1. The molecule has 1 aliphatic carbocycles. The van der Waals surface area contributed by atoms with Crippen molar-refractivity contribution < 1.29 is 57.8 Å². The molecule has 1 saturated carbocycles. The van der Waals surface area contributed by atoms with Crippen molar-refractivity contribution in [1.29, 1.82) is 0 Å². The molecule has 3 aromatic rings. The van der Waals surface area contributed by atoms with Crippen molar-refractivity contribution in [2.75, 3.05) is 6.61 Å². The molecule has 50 heavy (non-hydrogen) atoms. The van der Waals surface area contributed by atoms with Crippen LogP contribution in [-0.2, 0) is 58.8 Å². The summed E-state index contributed by atoms with van der Waals surface area (Å²) in [5.41, 5.74) is 2.39. The monoisotopic (exact) mass is 719 g/mol. The molecule has 2 heterocycles. The van der Waals surface area contributed by atoms with Gasteiger partial charge in [-0.3, -0.25) is 0 Å². The van der Waals surface area contributed by atoms with Gasteiger partial charge in [-0.1, -0.05) is 0 Å². The Bertz CT molecular complexity index is 1460. The van der Waals surface area contributed by atoms with Crippen molar-refractivity contribution in [1.82, 2.24) is 5.32 Å². The van der Waals surface area contributed by atoms with E-state index in [2.05, 4.69) is 118 Å². The first-order chi connectivity index (χ1) is 24.3. The second-order valence-corrected chi connectivity index (χ2v) is 12.6. The van der Waals surface area contributed by atoms with Crippen LogP contribution in [0, 0.1) is 51.0 Å². The van der Waals surface area contributed by atoms with Crippen LogP contribution in [0.1, 0.15) is 75.8 Å². The Morgan fingerprint density at radius 1 is 0.880 bits per heavy atom. The molecule has 0 radical (unpaired) electrons. The number of hydrogen-bond acceptors (Lipinski definition) is 5. The molecule has 262 valence electrons. The van der Waals surface area contributed by atoms with Crippen LogP contribution in [0.25, 0.3) is 0 Å². The zero-order valence-electron chi connectivity index (χ0n) is 28.5. The molecule has 1 N–H and O–H groups in total. The molecule has 1 saturated heterocycles. The van der Waals surface area contributed by atoms with E-state index in [0.29, 0.717) is 18.4 Å².